The first-order valence-corrected chi connectivity index (χ1v) is 11.0. The monoisotopic (exact) mass is 455 g/mol. The number of ether oxygens (including phenoxy) is 2. The van der Waals surface area contributed by atoms with Crippen molar-refractivity contribution in [1.29, 1.82) is 0 Å². The summed E-state index contributed by atoms with van der Waals surface area (Å²) in [5, 5.41) is 2.88. The van der Waals surface area contributed by atoms with E-state index in [1.54, 1.807) is 29.3 Å². The zero-order chi connectivity index (χ0) is 23.1. The SMILES string of the molecule is O=C(CC1C(=O)N(Cc2ccccn2)c2nc3ccccc3n21)Nc1ccc2c(c1)OCCO2. The highest BCUT2D eigenvalue weighted by atomic mass is 16.6. The molecule has 34 heavy (non-hydrogen) atoms. The number of hydrogen-bond donors (Lipinski definition) is 1. The fraction of sp³-hybridized carbons (Fsp3) is 0.200. The maximum atomic E-state index is 13.5. The van der Waals surface area contributed by atoms with Crippen molar-refractivity contribution in [3.05, 3.63) is 72.6 Å². The minimum Gasteiger partial charge on any atom is -0.486 e. The molecular weight excluding hydrogens is 434 g/mol. The van der Waals surface area contributed by atoms with Gasteiger partial charge in [-0.25, -0.2) is 4.98 Å². The van der Waals surface area contributed by atoms with Crippen LogP contribution in [0.2, 0.25) is 0 Å². The Bertz CT molecular complexity index is 1400. The van der Waals surface area contributed by atoms with E-state index in [2.05, 4.69) is 15.3 Å². The van der Waals surface area contributed by atoms with Crippen molar-refractivity contribution >= 4 is 34.5 Å². The predicted molar refractivity (Wildman–Crippen MR) is 125 cm³/mol. The number of rotatable bonds is 5. The number of para-hydroxylation sites is 2. The van der Waals surface area contributed by atoms with Gasteiger partial charge in [-0.2, -0.15) is 0 Å². The highest BCUT2D eigenvalue weighted by Crippen LogP contribution is 2.38. The number of carbonyl (C=O) groups is 2. The fourth-order valence-corrected chi connectivity index (χ4v) is 4.41. The summed E-state index contributed by atoms with van der Waals surface area (Å²) in [6, 6.07) is 17.7. The summed E-state index contributed by atoms with van der Waals surface area (Å²) < 4.78 is 13.0. The largest absolute Gasteiger partial charge is 0.486 e. The molecular formula is C25H21N5O4. The van der Waals surface area contributed by atoms with Gasteiger partial charge < -0.3 is 14.8 Å². The third kappa shape index (κ3) is 3.51. The Kier molecular flexibility index (Phi) is 4.87. The van der Waals surface area contributed by atoms with Gasteiger partial charge in [0.1, 0.15) is 19.3 Å². The van der Waals surface area contributed by atoms with Crippen LogP contribution in [0.1, 0.15) is 18.2 Å². The standard InChI is InChI=1S/C25H21N5O4/c31-23(27-16-8-9-21-22(13-16)34-12-11-33-21)14-20-24(32)29(15-17-5-3-4-10-26-17)25-28-18-6-1-2-7-19(18)30(20)25/h1-10,13,20H,11-12,14-15H2,(H,27,31). The zero-order valence-corrected chi connectivity index (χ0v) is 18.2. The van der Waals surface area contributed by atoms with Gasteiger partial charge in [-0.05, 0) is 36.4 Å². The van der Waals surface area contributed by atoms with Crippen molar-refractivity contribution < 1.29 is 19.1 Å². The molecule has 0 fully saturated rings. The molecule has 4 heterocycles. The smallest absolute Gasteiger partial charge is 0.253 e. The van der Waals surface area contributed by atoms with Crippen LogP contribution in [-0.4, -0.2) is 39.6 Å². The van der Waals surface area contributed by atoms with Crippen LogP contribution < -0.4 is 19.7 Å². The van der Waals surface area contributed by atoms with Gasteiger partial charge in [0, 0.05) is 18.0 Å². The van der Waals surface area contributed by atoms with Gasteiger partial charge >= 0.3 is 0 Å². The van der Waals surface area contributed by atoms with E-state index in [0.717, 1.165) is 16.7 Å². The highest BCUT2D eigenvalue weighted by Gasteiger charge is 2.41. The van der Waals surface area contributed by atoms with E-state index in [1.165, 1.54) is 0 Å². The number of amides is 2. The predicted octanol–water partition coefficient (Wildman–Crippen LogP) is 3.32. The molecule has 1 unspecified atom stereocenters. The van der Waals surface area contributed by atoms with Gasteiger partial charge in [0.25, 0.3) is 5.91 Å². The summed E-state index contributed by atoms with van der Waals surface area (Å²) in [6.07, 6.45) is 1.66. The van der Waals surface area contributed by atoms with Crippen LogP contribution in [0.25, 0.3) is 11.0 Å². The third-order valence-electron chi connectivity index (χ3n) is 5.93. The molecule has 0 aliphatic carbocycles. The molecule has 0 radical (unpaired) electrons. The van der Waals surface area contributed by atoms with Gasteiger partial charge in [0.05, 0.1) is 29.7 Å². The first kappa shape index (κ1) is 20.2. The van der Waals surface area contributed by atoms with Crippen LogP contribution in [0.4, 0.5) is 11.6 Å². The fourth-order valence-electron chi connectivity index (χ4n) is 4.41. The van der Waals surface area contributed by atoms with Crippen molar-refractivity contribution in [2.75, 3.05) is 23.4 Å². The lowest BCUT2D eigenvalue weighted by atomic mass is 10.1. The van der Waals surface area contributed by atoms with Crippen molar-refractivity contribution in [3.63, 3.8) is 0 Å². The van der Waals surface area contributed by atoms with Crippen LogP contribution >= 0.6 is 0 Å². The molecule has 4 aromatic rings. The number of nitrogens with zero attached hydrogens (tertiary/aromatic N) is 4. The Balaban J connectivity index is 1.28. The molecule has 0 bridgehead atoms. The van der Waals surface area contributed by atoms with Gasteiger partial charge in [0.15, 0.2) is 11.5 Å². The molecule has 1 N–H and O–H groups in total. The van der Waals surface area contributed by atoms with E-state index < -0.39 is 6.04 Å². The molecule has 2 aromatic carbocycles. The molecule has 2 aliphatic rings. The number of fused-ring (bicyclic) bond motifs is 4. The first-order valence-electron chi connectivity index (χ1n) is 11.0. The Hall–Kier alpha value is -4.40. The lowest BCUT2D eigenvalue weighted by molar-refractivity contribution is -0.124. The normalized spacial score (nSPS) is 16.5. The quantitative estimate of drug-likeness (QED) is 0.496. The van der Waals surface area contributed by atoms with Crippen LogP contribution in [0, 0.1) is 0 Å². The average molecular weight is 455 g/mol. The van der Waals surface area contributed by atoms with Crippen molar-refractivity contribution in [2.24, 2.45) is 0 Å². The van der Waals surface area contributed by atoms with E-state index in [0.29, 0.717) is 36.3 Å². The van der Waals surface area contributed by atoms with E-state index in [1.807, 2.05) is 47.0 Å². The maximum Gasteiger partial charge on any atom is 0.253 e. The summed E-state index contributed by atoms with van der Waals surface area (Å²) >= 11 is 0. The minimum atomic E-state index is -0.705. The summed E-state index contributed by atoms with van der Waals surface area (Å²) in [5.74, 6) is 1.30. The zero-order valence-electron chi connectivity index (χ0n) is 18.2. The molecule has 0 saturated heterocycles. The molecule has 2 aromatic heterocycles. The number of imidazole rings is 1. The third-order valence-corrected chi connectivity index (χ3v) is 5.93. The summed E-state index contributed by atoms with van der Waals surface area (Å²) in [5.41, 5.74) is 2.91. The molecule has 9 heteroatoms. The molecule has 2 aliphatic heterocycles. The molecule has 170 valence electrons. The number of pyridine rings is 1. The number of aromatic nitrogens is 3. The number of hydrogen-bond acceptors (Lipinski definition) is 6. The van der Waals surface area contributed by atoms with E-state index >= 15 is 0 Å². The number of anilines is 2. The molecule has 6 rings (SSSR count). The molecule has 0 spiro atoms. The number of carbonyl (C=O) groups excluding carboxylic acids is 2. The lowest BCUT2D eigenvalue weighted by Crippen LogP contribution is -2.31. The number of nitrogens with one attached hydrogen (secondary N) is 1. The van der Waals surface area contributed by atoms with Crippen LogP contribution in [0.3, 0.4) is 0 Å². The summed E-state index contributed by atoms with van der Waals surface area (Å²) in [6.45, 7) is 1.24. The Morgan fingerprint density at radius 2 is 1.85 bits per heavy atom. The van der Waals surface area contributed by atoms with Gasteiger partial charge in [-0.15, -0.1) is 0 Å². The Labute approximate surface area is 194 Å². The first-order chi connectivity index (χ1) is 16.7. The second-order valence-corrected chi connectivity index (χ2v) is 8.14. The second kappa shape index (κ2) is 8.18. The van der Waals surface area contributed by atoms with E-state index in [4.69, 9.17) is 9.47 Å². The highest BCUT2D eigenvalue weighted by molar-refractivity contribution is 6.05. The van der Waals surface area contributed by atoms with Gasteiger partial charge in [-0.1, -0.05) is 18.2 Å². The van der Waals surface area contributed by atoms with Crippen LogP contribution in [0.15, 0.2) is 66.9 Å². The van der Waals surface area contributed by atoms with Gasteiger partial charge in [0.2, 0.25) is 11.9 Å². The Morgan fingerprint density at radius 3 is 2.71 bits per heavy atom. The minimum absolute atomic E-state index is 0.0284. The van der Waals surface area contributed by atoms with Crippen LogP contribution in [0.5, 0.6) is 11.5 Å². The van der Waals surface area contributed by atoms with E-state index in [-0.39, 0.29) is 24.8 Å². The molecule has 1 atom stereocenters. The molecule has 0 saturated carbocycles. The summed E-state index contributed by atoms with van der Waals surface area (Å²) in [4.78, 5) is 37.1. The molecule has 9 nitrogen and oxygen atoms in total. The van der Waals surface area contributed by atoms with E-state index in [9.17, 15) is 9.59 Å². The van der Waals surface area contributed by atoms with Crippen molar-refractivity contribution in [3.8, 4) is 11.5 Å². The average Bonchev–Trinajstić information content (AvgIpc) is 3.35. The number of benzene rings is 2. The lowest BCUT2D eigenvalue weighted by Gasteiger charge is -2.19. The molecule has 2 amide bonds. The summed E-state index contributed by atoms with van der Waals surface area (Å²) in [7, 11) is 0. The topological polar surface area (TPSA) is 98.6 Å². The Morgan fingerprint density at radius 1 is 1.03 bits per heavy atom. The van der Waals surface area contributed by atoms with Crippen molar-refractivity contribution in [1.82, 2.24) is 14.5 Å². The van der Waals surface area contributed by atoms with Crippen molar-refractivity contribution in [2.45, 2.75) is 19.0 Å². The maximum absolute atomic E-state index is 13.5. The van der Waals surface area contributed by atoms with Crippen LogP contribution in [-0.2, 0) is 16.1 Å². The van der Waals surface area contributed by atoms with Gasteiger partial charge in [-0.3, -0.25) is 24.0 Å². The second-order valence-electron chi connectivity index (χ2n) is 8.14.